The summed E-state index contributed by atoms with van der Waals surface area (Å²) in [6, 6.07) is 0. The van der Waals surface area contributed by atoms with Gasteiger partial charge in [-0.05, 0) is 86.7 Å². The van der Waals surface area contributed by atoms with Crippen molar-refractivity contribution in [2.24, 2.45) is 22.7 Å². The lowest BCUT2D eigenvalue weighted by Gasteiger charge is -2.54. The topological polar surface area (TPSA) is 17.1 Å². The molecule has 2 fully saturated rings. The van der Waals surface area contributed by atoms with Crippen LogP contribution < -0.4 is 0 Å². The summed E-state index contributed by atoms with van der Waals surface area (Å²) in [5, 5.41) is 0. The van der Waals surface area contributed by atoms with E-state index in [2.05, 4.69) is 25.7 Å². The van der Waals surface area contributed by atoms with E-state index in [1.165, 1.54) is 43.4 Å². The molecule has 0 amide bonds. The molecule has 4 aliphatic carbocycles. The summed E-state index contributed by atoms with van der Waals surface area (Å²) in [5.41, 5.74) is 3.91. The average molecular weight is 330 g/mol. The Labute approximate surface area is 145 Å². The van der Waals surface area contributed by atoms with E-state index < -0.39 is 0 Å². The maximum Gasteiger partial charge on any atom is 0.155 e. The first-order valence-corrected chi connectivity index (χ1v) is 10.8. The molecule has 4 rings (SSSR count). The molecule has 125 valence electrons. The van der Waals surface area contributed by atoms with Gasteiger partial charge in [0, 0.05) is 11.8 Å². The molecule has 2 saturated carbocycles. The van der Waals surface area contributed by atoms with Crippen molar-refractivity contribution in [2.45, 2.75) is 58.3 Å². The monoisotopic (exact) mass is 329 g/mol. The van der Waals surface area contributed by atoms with E-state index in [9.17, 15) is 4.79 Å². The molecule has 0 heterocycles. The molecule has 0 aromatic carbocycles. The summed E-state index contributed by atoms with van der Waals surface area (Å²) in [7, 11) is 0. The Hall–Kier alpha value is -0.500. The SMILES string of the molecule is CSCC[C@]12CCC(=O)C=C1CC[C@@H]1C2=CC[C@]2(C)[CH]CC[C@@H]12. The Morgan fingerprint density at radius 2 is 2.17 bits per heavy atom. The molecule has 23 heavy (non-hydrogen) atoms. The number of hydrogen-bond acceptors (Lipinski definition) is 2. The molecule has 0 aromatic heterocycles. The normalized spacial score (nSPS) is 42.4. The van der Waals surface area contributed by atoms with Crippen molar-refractivity contribution in [3.8, 4) is 0 Å². The van der Waals surface area contributed by atoms with Crippen LogP contribution in [0.15, 0.2) is 23.3 Å². The third-order valence-corrected chi connectivity index (χ3v) is 7.95. The molecule has 1 radical (unpaired) electrons. The highest BCUT2D eigenvalue weighted by atomic mass is 32.2. The van der Waals surface area contributed by atoms with Gasteiger partial charge in [0.05, 0.1) is 0 Å². The number of allylic oxidation sites excluding steroid dienone is 4. The van der Waals surface area contributed by atoms with Gasteiger partial charge in [-0.25, -0.2) is 0 Å². The number of thioether (sulfide) groups is 1. The second kappa shape index (κ2) is 5.79. The maximum absolute atomic E-state index is 12.0. The van der Waals surface area contributed by atoms with Crippen molar-refractivity contribution >= 4 is 17.5 Å². The molecule has 0 spiro atoms. The zero-order valence-corrected chi connectivity index (χ0v) is 15.4. The first-order chi connectivity index (χ1) is 11.1. The van der Waals surface area contributed by atoms with Gasteiger partial charge in [-0.2, -0.15) is 11.8 Å². The van der Waals surface area contributed by atoms with Crippen LogP contribution in [0.25, 0.3) is 0 Å². The van der Waals surface area contributed by atoms with E-state index in [0.717, 1.165) is 31.1 Å². The molecular formula is C21H29OS. The second-order valence-electron chi connectivity index (χ2n) is 8.36. The molecule has 4 atom stereocenters. The lowest BCUT2D eigenvalue weighted by atomic mass is 9.51. The molecule has 0 unspecified atom stereocenters. The molecule has 0 aromatic rings. The van der Waals surface area contributed by atoms with Crippen molar-refractivity contribution in [3.05, 3.63) is 29.7 Å². The van der Waals surface area contributed by atoms with E-state index in [0.29, 0.717) is 11.2 Å². The Bertz CT molecular complexity index is 574. The molecule has 2 heteroatoms. The highest BCUT2D eigenvalue weighted by Crippen LogP contribution is 2.63. The summed E-state index contributed by atoms with van der Waals surface area (Å²) >= 11 is 1.96. The van der Waals surface area contributed by atoms with E-state index in [-0.39, 0.29) is 5.41 Å². The molecule has 4 aliphatic rings. The molecular weight excluding hydrogens is 300 g/mol. The fourth-order valence-electron chi connectivity index (χ4n) is 6.13. The largest absolute Gasteiger partial charge is 0.295 e. The van der Waals surface area contributed by atoms with Crippen molar-refractivity contribution in [1.82, 2.24) is 0 Å². The van der Waals surface area contributed by atoms with Gasteiger partial charge in [0.25, 0.3) is 0 Å². The Balaban J connectivity index is 1.76. The van der Waals surface area contributed by atoms with Crippen molar-refractivity contribution in [2.75, 3.05) is 12.0 Å². The number of rotatable bonds is 3. The third kappa shape index (κ3) is 2.39. The highest BCUT2D eigenvalue weighted by molar-refractivity contribution is 7.98. The zero-order valence-electron chi connectivity index (χ0n) is 14.6. The summed E-state index contributed by atoms with van der Waals surface area (Å²) in [5.74, 6) is 3.21. The zero-order chi connectivity index (χ0) is 16.1. The van der Waals surface area contributed by atoms with Crippen LogP contribution in [0.3, 0.4) is 0 Å². The van der Waals surface area contributed by atoms with Crippen LogP contribution in [0, 0.1) is 29.1 Å². The lowest BCUT2D eigenvalue weighted by Crippen LogP contribution is -2.44. The minimum atomic E-state index is 0.240. The smallest absolute Gasteiger partial charge is 0.155 e. The standard InChI is InChI=1S/C21H29OS/c1-20-9-3-4-18(20)17-6-5-15-14-16(22)7-11-21(15,12-13-23-2)19(17)8-10-20/h8-9,14,17-18H,3-7,10-13H2,1-2H3/t17-,18-,20-,21+/m0/s1. The molecule has 0 N–H and O–H groups in total. The van der Waals surface area contributed by atoms with Gasteiger partial charge in [0.15, 0.2) is 5.78 Å². The van der Waals surface area contributed by atoms with Gasteiger partial charge in [0.2, 0.25) is 0 Å². The fraction of sp³-hybridized carbons (Fsp3) is 0.714. The minimum Gasteiger partial charge on any atom is -0.295 e. The summed E-state index contributed by atoms with van der Waals surface area (Å²) in [4.78, 5) is 12.0. The number of ketones is 1. The Morgan fingerprint density at radius 3 is 3.00 bits per heavy atom. The first kappa shape index (κ1) is 16.0. The van der Waals surface area contributed by atoms with Crippen molar-refractivity contribution in [3.63, 3.8) is 0 Å². The number of carbonyl (C=O) groups is 1. The Kier molecular flexibility index (Phi) is 4.03. The second-order valence-corrected chi connectivity index (χ2v) is 9.35. The van der Waals surface area contributed by atoms with Gasteiger partial charge in [-0.15, -0.1) is 0 Å². The first-order valence-electron chi connectivity index (χ1n) is 9.37. The van der Waals surface area contributed by atoms with Crippen molar-refractivity contribution < 1.29 is 4.79 Å². The number of hydrogen-bond donors (Lipinski definition) is 0. The van der Waals surface area contributed by atoms with Gasteiger partial charge < -0.3 is 0 Å². The predicted octanol–water partition coefficient (Wildman–Crippen LogP) is 5.38. The highest BCUT2D eigenvalue weighted by Gasteiger charge is 2.53. The van der Waals surface area contributed by atoms with E-state index in [1.54, 1.807) is 5.57 Å². The minimum absolute atomic E-state index is 0.240. The molecule has 0 bridgehead atoms. The van der Waals surface area contributed by atoms with E-state index in [4.69, 9.17) is 0 Å². The molecule has 0 aliphatic heterocycles. The molecule has 0 saturated heterocycles. The van der Waals surface area contributed by atoms with Crippen LogP contribution >= 0.6 is 11.8 Å². The maximum atomic E-state index is 12.0. The summed E-state index contributed by atoms with van der Waals surface area (Å²) in [6.07, 6.45) is 18.9. The third-order valence-electron chi connectivity index (χ3n) is 7.34. The van der Waals surface area contributed by atoms with Crippen LogP contribution in [-0.4, -0.2) is 17.8 Å². The summed E-state index contributed by atoms with van der Waals surface area (Å²) in [6.45, 7) is 2.49. The van der Waals surface area contributed by atoms with Crippen LogP contribution in [0.1, 0.15) is 58.3 Å². The molecule has 1 nitrogen and oxygen atoms in total. The van der Waals surface area contributed by atoms with Gasteiger partial charge in [-0.1, -0.05) is 24.1 Å². The van der Waals surface area contributed by atoms with Crippen LogP contribution in [0.4, 0.5) is 0 Å². The fourth-order valence-corrected chi connectivity index (χ4v) is 6.69. The number of carbonyl (C=O) groups excluding carboxylic acids is 1. The van der Waals surface area contributed by atoms with Crippen LogP contribution in [0.5, 0.6) is 0 Å². The average Bonchev–Trinajstić information content (AvgIpc) is 2.95. The van der Waals surface area contributed by atoms with Gasteiger partial charge in [-0.3, -0.25) is 4.79 Å². The van der Waals surface area contributed by atoms with Crippen molar-refractivity contribution in [1.29, 1.82) is 0 Å². The summed E-state index contributed by atoms with van der Waals surface area (Å²) < 4.78 is 0. The van der Waals surface area contributed by atoms with E-state index in [1.807, 2.05) is 17.8 Å². The predicted molar refractivity (Wildman–Crippen MR) is 98.3 cm³/mol. The Morgan fingerprint density at radius 1 is 1.30 bits per heavy atom. The van der Waals surface area contributed by atoms with E-state index >= 15 is 0 Å². The lowest BCUT2D eigenvalue weighted by molar-refractivity contribution is -0.115. The quantitative estimate of drug-likeness (QED) is 0.647. The van der Waals surface area contributed by atoms with Crippen LogP contribution in [0.2, 0.25) is 0 Å². The van der Waals surface area contributed by atoms with Gasteiger partial charge >= 0.3 is 0 Å². The number of fused-ring (bicyclic) bond motifs is 5. The van der Waals surface area contributed by atoms with Gasteiger partial charge in [0.1, 0.15) is 0 Å². The van der Waals surface area contributed by atoms with Crippen LogP contribution in [-0.2, 0) is 4.79 Å².